The van der Waals surface area contributed by atoms with Gasteiger partial charge in [-0.3, -0.25) is 0 Å². The molecule has 0 N–H and O–H groups in total. The van der Waals surface area contributed by atoms with E-state index in [0.717, 1.165) is 0 Å². The van der Waals surface area contributed by atoms with Gasteiger partial charge in [0.2, 0.25) is 0 Å². The van der Waals surface area contributed by atoms with E-state index in [0.29, 0.717) is 0 Å². The summed E-state index contributed by atoms with van der Waals surface area (Å²) in [4.78, 5) is 0. The molecule has 0 aliphatic carbocycles. The van der Waals surface area contributed by atoms with Crippen LogP contribution in [0.1, 0.15) is 0 Å². The fourth-order valence-electron chi connectivity index (χ4n) is 0. The van der Waals surface area contributed by atoms with E-state index >= 15 is 0 Å². The van der Waals surface area contributed by atoms with Gasteiger partial charge in [-0.25, -0.2) is 0 Å². The molecule has 0 heterocycles. The van der Waals surface area contributed by atoms with Crippen LogP contribution in [-0.2, 0) is 101 Å². The Morgan fingerprint density at radius 2 is 0.500 bits per heavy atom. The average molecular weight is 343 g/mol. The van der Waals surface area contributed by atoms with E-state index in [1.54, 1.807) is 0 Å². The predicted octanol–water partition coefficient (Wildman–Crippen LogP) is -0.0150. The summed E-state index contributed by atoms with van der Waals surface area (Å²) in [6.07, 6.45) is 0. The summed E-state index contributed by atoms with van der Waals surface area (Å²) >= 11 is 0. The van der Waals surface area contributed by atoms with Crippen LogP contribution in [-0.4, -0.2) is 0 Å². The molecular formula is Fe2MnNi3. The summed E-state index contributed by atoms with van der Waals surface area (Å²) in [6.45, 7) is 0. The average Bonchev–Trinajstić information content (AvgIpc) is 0. The van der Waals surface area contributed by atoms with Crippen molar-refractivity contribution in [2.45, 2.75) is 0 Å². The molecule has 0 fully saturated rings. The molecule has 0 atom stereocenters. The molecule has 0 saturated carbocycles. The SMILES string of the molecule is [Fe].[Fe].[Mn].[Ni].[Ni].[Ni]. The molecule has 0 nitrogen and oxygen atoms in total. The Kier molecular flexibility index (Phi) is 455. The first-order valence-corrected chi connectivity index (χ1v) is 0. The van der Waals surface area contributed by atoms with Crippen LogP contribution < -0.4 is 0 Å². The first-order chi connectivity index (χ1) is 0. The third-order valence-electron chi connectivity index (χ3n) is 0. The molecule has 0 amide bonds. The summed E-state index contributed by atoms with van der Waals surface area (Å²) in [5.74, 6) is 0. The van der Waals surface area contributed by atoms with Crippen LogP contribution in [0.4, 0.5) is 0 Å². The van der Waals surface area contributed by atoms with Gasteiger partial charge in [0.25, 0.3) is 0 Å². The fourth-order valence-corrected chi connectivity index (χ4v) is 0. The zero-order chi connectivity index (χ0) is 0. The maximum Gasteiger partial charge on any atom is 0 e. The molecule has 0 aromatic rings. The minimum Gasteiger partial charge on any atom is 0 e. The van der Waals surface area contributed by atoms with Crippen LogP contribution in [0.5, 0.6) is 0 Å². The van der Waals surface area contributed by atoms with Gasteiger partial charge in [-0.2, -0.15) is 0 Å². The Bertz CT molecular complexity index is 8.75. The van der Waals surface area contributed by atoms with Crippen molar-refractivity contribution in [1.82, 2.24) is 0 Å². The van der Waals surface area contributed by atoms with Crippen molar-refractivity contribution >= 4 is 0 Å². The molecule has 0 spiro atoms. The second kappa shape index (κ2) is 43.1. The van der Waals surface area contributed by atoms with Gasteiger partial charge in [-0.05, 0) is 0 Å². The van der Waals surface area contributed by atoms with Crippen molar-refractivity contribution in [3.8, 4) is 0 Å². The zero-order valence-corrected chi connectivity index (χ0v) is 8.39. The van der Waals surface area contributed by atoms with Gasteiger partial charge < -0.3 is 0 Å². The molecule has 0 rings (SSSR count). The van der Waals surface area contributed by atoms with Gasteiger partial charge in [-0.15, -0.1) is 0 Å². The van der Waals surface area contributed by atoms with Gasteiger partial charge in [0.1, 0.15) is 0 Å². The van der Waals surface area contributed by atoms with Crippen LogP contribution in [0.25, 0.3) is 0 Å². The number of hydrogen-bond acceptors (Lipinski definition) is 0. The van der Waals surface area contributed by atoms with Crippen LogP contribution in [0.15, 0.2) is 0 Å². The molecule has 0 aliphatic rings. The molecule has 0 aromatic heterocycles. The van der Waals surface area contributed by atoms with Gasteiger partial charge in [0.15, 0.2) is 0 Å². The van der Waals surface area contributed by atoms with E-state index in [1.807, 2.05) is 0 Å². The van der Waals surface area contributed by atoms with Crippen molar-refractivity contribution in [3.63, 3.8) is 0 Å². The summed E-state index contributed by atoms with van der Waals surface area (Å²) in [5.41, 5.74) is 0. The predicted molar refractivity (Wildman–Crippen MR) is 0 cm³/mol. The van der Waals surface area contributed by atoms with E-state index in [4.69, 9.17) is 0 Å². The quantitative estimate of drug-likeness (QED) is 0.543. The van der Waals surface area contributed by atoms with Crippen LogP contribution in [0.2, 0.25) is 0 Å². The Morgan fingerprint density at radius 3 is 0.500 bits per heavy atom. The molecule has 6 heteroatoms. The van der Waals surface area contributed by atoms with Gasteiger partial charge in [-0.1, -0.05) is 0 Å². The monoisotopic (exact) mass is 341 g/mol. The standard InChI is InChI=1S/2Fe.Mn.3Ni. The first-order valence-electron chi connectivity index (χ1n) is 0. The van der Waals surface area contributed by atoms with Gasteiger partial charge >= 0.3 is 0 Å². The maximum absolute atomic E-state index is 0. The second-order valence-electron chi connectivity index (χ2n) is 0. The van der Waals surface area contributed by atoms with E-state index in [1.165, 1.54) is 0 Å². The number of rotatable bonds is 0. The smallest absolute Gasteiger partial charge is 0 e. The summed E-state index contributed by atoms with van der Waals surface area (Å²) in [5, 5.41) is 0. The molecule has 0 aromatic carbocycles. The summed E-state index contributed by atoms with van der Waals surface area (Å²) < 4.78 is 0. The minimum atomic E-state index is 0. The van der Waals surface area contributed by atoms with Crippen LogP contribution in [0, 0.1) is 0 Å². The Hall–Kier alpha value is 3.04. The molecular weight excluding hydrogens is 343 g/mol. The maximum atomic E-state index is 0. The van der Waals surface area contributed by atoms with Crippen molar-refractivity contribution in [3.05, 3.63) is 0 Å². The van der Waals surface area contributed by atoms with E-state index in [9.17, 15) is 0 Å². The zero-order valence-electron chi connectivity index (χ0n) is 2.03. The van der Waals surface area contributed by atoms with Crippen molar-refractivity contribution in [2.75, 3.05) is 0 Å². The summed E-state index contributed by atoms with van der Waals surface area (Å²) in [6, 6.07) is 0. The van der Waals surface area contributed by atoms with E-state index < -0.39 is 0 Å². The molecule has 0 saturated heterocycles. The Labute approximate surface area is 99.3 Å². The molecule has 0 aliphatic heterocycles. The molecule has 1 radical (unpaired) electrons. The van der Waals surface area contributed by atoms with Crippen LogP contribution in [0.3, 0.4) is 0 Å². The largest absolute Gasteiger partial charge is 0 e. The second-order valence-corrected chi connectivity index (χ2v) is 0. The topological polar surface area (TPSA) is 0 Å². The fraction of sp³-hybridized carbons (Fsp3) is 0. The minimum absolute atomic E-state index is 0. The van der Waals surface area contributed by atoms with Crippen molar-refractivity contribution in [1.29, 1.82) is 0 Å². The van der Waals surface area contributed by atoms with E-state index in [-0.39, 0.29) is 101 Å². The molecule has 53 valence electrons. The van der Waals surface area contributed by atoms with Gasteiger partial charge in [0, 0.05) is 101 Å². The van der Waals surface area contributed by atoms with E-state index in [2.05, 4.69) is 0 Å². The normalized spacial score (nSPS) is 0. The molecule has 0 unspecified atom stereocenters. The van der Waals surface area contributed by atoms with Crippen molar-refractivity contribution in [2.24, 2.45) is 0 Å². The molecule has 6 heavy (non-hydrogen) atoms. The van der Waals surface area contributed by atoms with Crippen molar-refractivity contribution < 1.29 is 101 Å². The Morgan fingerprint density at radius 1 is 0.500 bits per heavy atom. The first kappa shape index (κ1) is 63.3. The Balaban J connectivity index is 0. The van der Waals surface area contributed by atoms with Gasteiger partial charge in [0.05, 0.1) is 0 Å². The summed E-state index contributed by atoms with van der Waals surface area (Å²) in [7, 11) is 0. The molecule has 0 bridgehead atoms. The third kappa shape index (κ3) is 27.8. The van der Waals surface area contributed by atoms with Crippen LogP contribution >= 0.6 is 0 Å². The third-order valence-corrected chi connectivity index (χ3v) is 0. The number of hydrogen-bond donors (Lipinski definition) is 0.